The lowest BCUT2D eigenvalue weighted by atomic mass is 10.1. The second kappa shape index (κ2) is 8.34. The van der Waals surface area contributed by atoms with E-state index >= 15 is 0 Å². The molecule has 2 fully saturated rings. The lowest BCUT2D eigenvalue weighted by Crippen LogP contribution is -2.49. The predicted octanol–water partition coefficient (Wildman–Crippen LogP) is 2.00. The van der Waals surface area contributed by atoms with E-state index in [1.54, 1.807) is 0 Å². The SMILES string of the molecule is CCOC1CCN(C(=O)N[C@@H]2CC(=O)N(Cc3ccccc3)C2)CC1. The van der Waals surface area contributed by atoms with Crippen molar-refractivity contribution in [2.45, 2.75) is 44.9 Å². The fraction of sp³-hybridized carbons (Fsp3) is 0.579. The number of amides is 3. The minimum absolute atomic E-state index is 0.0608. The second-order valence-electron chi connectivity index (χ2n) is 6.75. The van der Waals surface area contributed by atoms with Crippen molar-refractivity contribution in [1.29, 1.82) is 0 Å². The lowest BCUT2D eigenvalue weighted by molar-refractivity contribution is -0.128. The number of benzene rings is 1. The first-order chi connectivity index (χ1) is 12.2. The predicted molar refractivity (Wildman–Crippen MR) is 95.0 cm³/mol. The van der Waals surface area contributed by atoms with Crippen LogP contribution in [0.15, 0.2) is 30.3 Å². The maximum Gasteiger partial charge on any atom is 0.317 e. The summed E-state index contributed by atoms with van der Waals surface area (Å²) in [5.74, 6) is 0.101. The number of ether oxygens (including phenoxy) is 1. The van der Waals surface area contributed by atoms with Crippen LogP contribution in [0.2, 0.25) is 0 Å². The Balaban J connectivity index is 1.46. The average molecular weight is 345 g/mol. The van der Waals surface area contributed by atoms with E-state index in [0.29, 0.717) is 32.6 Å². The molecule has 0 aliphatic carbocycles. The van der Waals surface area contributed by atoms with Crippen LogP contribution in [0.1, 0.15) is 31.7 Å². The van der Waals surface area contributed by atoms with E-state index < -0.39 is 0 Å². The van der Waals surface area contributed by atoms with Gasteiger partial charge in [0.15, 0.2) is 0 Å². The number of piperidine rings is 1. The number of hydrogen-bond donors (Lipinski definition) is 1. The minimum atomic E-state index is -0.103. The quantitative estimate of drug-likeness (QED) is 0.888. The van der Waals surface area contributed by atoms with E-state index in [1.807, 2.05) is 47.1 Å². The molecule has 25 heavy (non-hydrogen) atoms. The zero-order chi connectivity index (χ0) is 17.6. The summed E-state index contributed by atoms with van der Waals surface area (Å²) in [4.78, 5) is 28.3. The molecule has 0 spiro atoms. The lowest BCUT2D eigenvalue weighted by Gasteiger charge is -2.32. The Morgan fingerprint density at radius 3 is 2.64 bits per heavy atom. The van der Waals surface area contributed by atoms with Crippen LogP contribution >= 0.6 is 0 Å². The minimum Gasteiger partial charge on any atom is -0.378 e. The van der Waals surface area contributed by atoms with Gasteiger partial charge in [0.25, 0.3) is 0 Å². The highest BCUT2D eigenvalue weighted by atomic mass is 16.5. The van der Waals surface area contributed by atoms with Crippen molar-refractivity contribution in [1.82, 2.24) is 15.1 Å². The van der Waals surface area contributed by atoms with Gasteiger partial charge in [-0.3, -0.25) is 4.79 Å². The van der Waals surface area contributed by atoms with Gasteiger partial charge in [-0.2, -0.15) is 0 Å². The molecular weight excluding hydrogens is 318 g/mol. The van der Waals surface area contributed by atoms with E-state index in [9.17, 15) is 9.59 Å². The highest BCUT2D eigenvalue weighted by molar-refractivity contribution is 5.81. The van der Waals surface area contributed by atoms with Crippen LogP contribution < -0.4 is 5.32 Å². The molecule has 0 unspecified atom stereocenters. The Bertz CT molecular complexity index is 585. The number of urea groups is 1. The molecule has 0 bridgehead atoms. The number of likely N-dealkylation sites (tertiary alicyclic amines) is 2. The monoisotopic (exact) mass is 345 g/mol. The van der Waals surface area contributed by atoms with E-state index in [2.05, 4.69) is 5.32 Å². The number of hydrogen-bond acceptors (Lipinski definition) is 3. The van der Waals surface area contributed by atoms with Gasteiger partial charge < -0.3 is 19.9 Å². The zero-order valence-electron chi connectivity index (χ0n) is 14.8. The fourth-order valence-corrected chi connectivity index (χ4v) is 3.55. The number of nitrogens with one attached hydrogen (secondary N) is 1. The summed E-state index contributed by atoms with van der Waals surface area (Å²) in [6.45, 7) is 5.33. The molecule has 1 atom stereocenters. The Morgan fingerprint density at radius 1 is 1.24 bits per heavy atom. The molecule has 2 heterocycles. The Labute approximate surface area is 149 Å². The van der Waals surface area contributed by atoms with Crippen LogP contribution in [-0.4, -0.2) is 60.1 Å². The number of rotatable bonds is 5. The van der Waals surface area contributed by atoms with E-state index in [4.69, 9.17) is 4.74 Å². The van der Waals surface area contributed by atoms with Crippen LogP contribution in [-0.2, 0) is 16.1 Å². The third kappa shape index (κ3) is 4.72. The molecule has 2 saturated heterocycles. The molecule has 1 aromatic carbocycles. The van der Waals surface area contributed by atoms with Crippen molar-refractivity contribution in [2.24, 2.45) is 0 Å². The summed E-state index contributed by atoms with van der Waals surface area (Å²) in [5, 5.41) is 3.03. The van der Waals surface area contributed by atoms with Gasteiger partial charge in [0, 0.05) is 39.2 Å². The van der Waals surface area contributed by atoms with Gasteiger partial charge in [0.2, 0.25) is 5.91 Å². The summed E-state index contributed by atoms with van der Waals surface area (Å²) >= 11 is 0. The smallest absolute Gasteiger partial charge is 0.317 e. The molecule has 0 saturated carbocycles. The summed E-state index contributed by atoms with van der Waals surface area (Å²) in [6.07, 6.45) is 2.41. The highest BCUT2D eigenvalue weighted by Crippen LogP contribution is 2.17. The van der Waals surface area contributed by atoms with Gasteiger partial charge in [-0.05, 0) is 25.3 Å². The molecule has 136 valence electrons. The fourth-order valence-electron chi connectivity index (χ4n) is 3.55. The Kier molecular flexibility index (Phi) is 5.91. The summed E-state index contributed by atoms with van der Waals surface area (Å²) in [7, 11) is 0. The molecular formula is C19H27N3O3. The topological polar surface area (TPSA) is 61.9 Å². The average Bonchev–Trinajstić information content (AvgIpc) is 2.96. The zero-order valence-corrected chi connectivity index (χ0v) is 14.8. The van der Waals surface area contributed by atoms with E-state index in [-0.39, 0.29) is 24.1 Å². The first-order valence-electron chi connectivity index (χ1n) is 9.14. The first-order valence-corrected chi connectivity index (χ1v) is 9.14. The van der Waals surface area contributed by atoms with Gasteiger partial charge in [-0.1, -0.05) is 30.3 Å². The first kappa shape index (κ1) is 17.7. The van der Waals surface area contributed by atoms with Crippen molar-refractivity contribution in [3.8, 4) is 0 Å². The highest BCUT2D eigenvalue weighted by Gasteiger charge is 2.32. The third-order valence-electron chi connectivity index (χ3n) is 4.89. The molecule has 2 aliphatic heterocycles. The van der Waals surface area contributed by atoms with Crippen LogP contribution in [0.25, 0.3) is 0 Å². The summed E-state index contributed by atoms with van der Waals surface area (Å²) in [5.41, 5.74) is 1.11. The van der Waals surface area contributed by atoms with Crippen molar-refractivity contribution in [2.75, 3.05) is 26.2 Å². The molecule has 3 rings (SSSR count). The standard InChI is InChI=1S/C19H27N3O3/c1-2-25-17-8-10-21(11-9-17)19(24)20-16-12-18(23)22(14-16)13-15-6-4-3-5-7-15/h3-7,16-17H,2,8-14H2,1H3,(H,20,24)/t16-/m1/s1. The summed E-state index contributed by atoms with van der Waals surface area (Å²) < 4.78 is 5.62. The Morgan fingerprint density at radius 2 is 1.96 bits per heavy atom. The van der Waals surface area contributed by atoms with Gasteiger partial charge in [0.05, 0.1) is 12.1 Å². The number of carbonyl (C=O) groups excluding carboxylic acids is 2. The molecule has 2 aliphatic rings. The van der Waals surface area contributed by atoms with Gasteiger partial charge in [-0.25, -0.2) is 4.79 Å². The van der Waals surface area contributed by atoms with E-state index in [1.165, 1.54) is 0 Å². The maximum atomic E-state index is 12.4. The normalized spacial score (nSPS) is 21.6. The third-order valence-corrected chi connectivity index (χ3v) is 4.89. The second-order valence-corrected chi connectivity index (χ2v) is 6.75. The molecule has 0 aromatic heterocycles. The van der Waals surface area contributed by atoms with Crippen molar-refractivity contribution in [3.63, 3.8) is 0 Å². The van der Waals surface area contributed by atoms with Crippen molar-refractivity contribution in [3.05, 3.63) is 35.9 Å². The van der Waals surface area contributed by atoms with Crippen LogP contribution in [0.3, 0.4) is 0 Å². The summed E-state index contributed by atoms with van der Waals surface area (Å²) in [6, 6.07) is 9.78. The molecule has 0 radical (unpaired) electrons. The van der Waals surface area contributed by atoms with Crippen LogP contribution in [0, 0.1) is 0 Å². The van der Waals surface area contributed by atoms with E-state index in [0.717, 1.165) is 25.0 Å². The van der Waals surface area contributed by atoms with Crippen LogP contribution in [0.5, 0.6) is 0 Å². The van der Waals surface area contributed by atoms with Gasteiger partial charge in [0.1, 0.15) is 0 Å². The molecule has 3 amide bonds. The Hall–Kier alpha value is -2.08. The van der Waals surface area contributed by atoms with Crippen LogP contribution in [0.4, 0.5) is 4.79 Å². The van der Waals surface area contributed by atoms with Gasteiger partial charge >= 0.3 is 6.03 Å². The molecule has 6 nitrogen and oxygen atoms in total. The largest absolute Gasteiger partial charge is 0.378 e. The number of nitrogens with zero attached hydrogens (tertiary/aromatic N) is 2. The number of carbonyl (C=O) groups is 2. The molecule has 1 N–H and O–H groups in total. The molecule has 1 aromatic rings. The maximum absolute atomic E-state index is 12.4. The molecule has 6 heteroatoms. The van der Waals surface area contributed by atoms with Gasteiger partial charge in [-0.15, -0.1) is 0 Å². The van der Waals surface area contributed by atoms with Crippen molar-refractivity contribution < 1.29 is 14.3 Å². The van der Waals surface area contributed by atoms with Crippen molar-refractivity contribution >= 4 is 11.9 Å².